The van der Waals surface area contributed by atoms with Crippen molar-refractivity contribution in [2.75, 3.05) is 5.32 Å². The molecule has 1 aliphatic carbocycles. The van der Waals surface area contributed by atoms with Crippen molar-refractivity contribution in [3.63, 3.8) is 0 Å². The van der Waals surface area contributed by atoms with E-state index in [-0.39, 0.29) is 35.4 Å². The number of amides is 1. The predicted molar refractivity (Wildman–Crippen MR) is 140 cm³/mol. The van der Waals surface area contributed by atoms with Gasteiger partial charge >= 0.3 is 0 Å². The minimum absolute atomic E-state index is 0.00561. The van der Waals surface area contributed by atoms with Crippen LogP contribution in [-0.2, 0) is 14.3 Å². The van der Waals surface area contributed by atoms with Crippen molar-refractivity contribution in [2.45, 2.75) is 57.1 Å². The first-order valence-electron chi connectivity index (χ1n) is 11.6. The van der Waals surface area contributed by atoms with Gasteiger partial charge in [-0.1, -0.05) is 17.7 Å². The van der Waals surface area contributed by atoms with Gasteiger partial charge in [0.15, 0.2) is 5.79 Å². The molecule has 0 bridgehead atoms. The molecule has 6 rings (SSSR count). The Labute approximate surface area is 221 Å². The van der Waals surface area contributed by atoms with Crippen molar-refractivity contribution in [1.82, 2.24) is 18.9 Å². The summed E-state index contributed by atoms with van der Waals surface area (Å²) in [6.07, 6.45) is 4.11. The molecule has 4 atom stereocenters. The Kier molecular flexibility index (Phi) is 5.81. The summed E-state index contributed by atoms with van der Waals surface area (Å²) >= 11 is 13.9. The first-order chi connectivity index (χ1) is 17.2. The number of halogens is 2. The van der Waals surface area contributed by atoms with Crippen LogP contribution in [-0.4, -0.2) is 42.8 Å². The molecule has 1 aliphatic heterocycles. The van der Waals surface area contributed by atoms with Crippen molar-refractivity contribution in [3.05, 3.63) is 58.0 Å². The molecule has 2 fully saturated rings. The van der Waals surface area contributed by atoms with Gasteiger partial charge in [-0.15, -0.1) is 0 Å². The normalized spacial score (nSPS) is 24.8. The Morgan fingerprint density at radius 1 is 1.17 bits per heavy atom. The van der Waals surface area contributed by atoms with Gasteiger partial charge in [-0.25, -0.2) is 9.36 Å². The largest absolute Gasteiger partial charge is 0.344 e. The average Bonchev–Trinajstić information content (AvgIpc) is 3.56. The molecule has 4 aromatic rings. The van der Waals surface area contributed by atoms with Crippen LogP contribution >= 0.6 is 34.7 Å². The van der Waals surface area contributed by atoms with E-state index in [2.05, 4.69) is 30.3 Å². The SMILES string of the molecule is CC(=O)Nc1cc(-c2cnsc2)cc([C@H]2C[C@@H](n3ccc4c(Cl)nc(Cl)nc43)[C@@H]3OC(C)(C)O[C@@H]32)c1. The Balaban J connectivity index is 1.45. The lowest BCUT2D eigenvalue weighted by molar-refractivity contribution is -0.157. The van der Waals surface area contributed by atoms with Crippen LogP contribution in [0.15, 0.2) is 42.0 Å². The standard InChI is InChI=1S/C25H23Cl2N5O3S/c1-12(33)29-16-7-13(15-10-28-36-11-15)6-14(8-16)18-9-19(21-20(18)34-25(2,3)35-21)32-5-4-17-22(26)30-24(27)31-23(17)32/h4-8,10-11,18-21H,9H2,1-3H3,(H,29,33)/t18-,19-,20-,21+/m1/s1. The molecule has 2 aliphatic rings. The number of hydrogen-bond acceptors (Lipinski definition) is 7. The Morgan fingerprint density at radius 3 is 2.72 bits per heavy atom. The van der Waals surface area contributed by atoms with Gasteiger partial charge in [0.25, 0.3) is 0 Å². The number of carbonyl (C=O) groups is 1. The summed E-state index contributed by atoms with van der Waals surface area (Å²) in [6.45, 7) is 5.37. The second-order valence-corrected chi connectivity index (χ2v) is 11.0. The number of benzene rings is 1. The van der Waals surface area contributed by atoms with E-state index in [4.69, 9.17) is 32.7 Å². The first-order valence-corrected chi connectivity index (χ1v) is 13.2. The highest BCUT2D eigenvalue weighted by Gasteiger charge is 2.55. The topological polar surface area (TPSA) is 91.2 Å². The molecular formula is C25H23Cl2N5O3S. The summed E-state index contributed by atoms with van der Waals surface area (Å²) in [7, 11) is 0. The fourth-order valence-corrected chi connectivity index (χ4v) is 6.43. The molecule has 1 aromatic carbocycles. The van der Waals surface area contributed by atoms with E-state index in [0.29, 0.717) is 10.8 Å². The minimum Gasteiger partial charge on any atom is -0.344 e. The number of fused-ring (bicyclic) bond motifs is 2. The maximum absolute atomic E-state index is 11.9. The van der Waals surface area contributed by atoms with Gasteiger partial charge in [-0.2, -0.15) is 4.98 Å². The zero-order chi connectivity index (χ0) is 25.2. The lowest BCUT2D eigenvalue weighted by atomic mass is 9.92. The number of carbonyl (C=O) groups excluding carboxylic acids is 1. The molecule has 4 heterocycles. The van der Waals surface area contributed by atoms with Gasteiger partial charge in [0.2, 0.25) is 11.2 Å². The number of rotatable bonds is 4. The van der Waals surface area contributed by atoms with E-state index in [1.54, 1.807) is 0 Å². The maximum Gasteiger partial charge on any atom is 0.225 e. The van der Waals surface area contributed by atoms with Crippen molar-refractivity contribution < 1.29 is 14.3 Å². The van der Waals surface area contributed by atoms with Crippen LogP contribution in [0.3, 0.4) is 0 Å². The third-order valence-electron chi connectivity index (χ3n) is 6.76. The molecule has 1 N–H and O–H groups in total. The van der Waals surface area contributed by atoms with Crippen LogP contribution in [0.25, 0.3) is 22.2 Å². The molecular weight excluding hydrogens is 521 g/mol. The number of hydrogen-bond donors (Lipinski definition) is 1. The Bertz CT molecular complexity index is 1470. The monoisotopic (exact) mass is 543 g/mol. The fourth-order valence-electron chi connectivity index (χ4n) is 5.45. The van der Waals surface area contributed by atoms with Crippen molar-refractivity contribution in [2.24, 2.45) is 0 Å². The number of ether oxygens (including phenoxy) is 2. The van der Waals surface area contributed by atoms with Gasteiger partial charge in [0, 0.05) is 41.9 Å². The average molecular weight is 544 g/mol. The molecule has 3 aromatic heterocycles. The smallest absolute Gasteiger partial charge is 0.225 e. The van der Waals surface area contributed by atoms with Crippen LogP contribution in [0.4, 0.5) is 5.69 Å². The molecule has 36 heavy (non-hydrogen) atoms. The van der Waals surface area contributed by atoms with E-state index in [1.807, 2.05) is 49.8 Å². The van der Waals surface area contributed by atoms with Gasteiger partial charge in [-0.3, -0.25) is 4.79 Å². The van der Waals surface area contributed by atoms with Gasteiger partial charge in [0.05, 0.1) is 17.5 Å². The molecule has 1 saturated carbocycles. The summed E-state index contributed by atoms with van der Waals surface area (Å²) in [5.74, 6) is -0.863. The highest BCUT2D eigenvalue weighted by Crippen LogP contribution is 2.52. The fraction of sp³-hybridized carbons (Fsp3) is 0.360. The highest BCUT2D eigenvalue weighted by molar-refractivity contribution is 7.03. The zero-order valence-corrected chi connectivity index (χ0v) is 22.1. The molecule has 8 nitrogen and oxygen atoms in total. The van der Waals surface area contributed by atoms with Gasteiger partial charge in [-0.05, 0) is 72.7 Å². The lowest BCUT2D eigenvalue weighted by Crippen LogP contribution is -2.27. The number of nitrogens with zero attached hydrogens (tertiary/aromatic N) is 4. The zero-order valence-electron chi connectivity index (χ0n) is 19.7. The Morgan fingerprint density at radius 2 is 1.97 bits per heavy atom. The quantitative estimate of drug-likeness (QED) is 0.248. The summed E-state index contributed by atoms with van der Waals surface area (Å²) < 4.78 is 19.2. The van der Waals surface area contributed by atoms with Crippen LogP contribution in [0.2, 0.25) is 10.4 Å². The molecule has 186 valence electrons. The molecule has 0 spiro atoms. The van der Waals surface area contributed by atoms with Gasteiger partial charge in [0.1, 0.15) is 16.9 Å². The summed E-state index contributed by atoms with van der Waals surface area (Å²) in [5, 5.41) is 6.08. The molecule has 1 saturated heterocycles. The van der Waals surface area contributed by atoms with E-state index in [1.165, 1.54) is 18.5 Å². The summed E-state index contributed by atoms with van der Waals surface area (Å²) in [6, 6.07) is 7.97. The van der Waals surface area contributed by atoms with Crippen molar-refractivity contribution in [3.8, 4) is 11.1 Å². The lowest BCUT2D eigenvalue weighted by Gasteiger charge is -2.25. The Hall–Kier alpha value is -2.56. The van der Waals surface area contributed by atoms with Crippen LogP contribution < -0.4 is 5.32 Å². The van der Waals surface area contributed by atoms with E-state index in [9.17, 15) is 4.79 Å². The molecule has 0 radical (unpaired) electrons. The maximum atomic E-state index is 11.9. The second kappa shape index (κ2) is 8.78. The second-order valence-electron chi connectivity index (χ2n) is 9.66. The highest BCUT2D eigenvalue weighted by atomic mass is 35.5. The third kappa shape index (κ3) is 4.18. The minimum atomic E-state index is -0.741. The van der Waals surface area contributed by atoms with E-state index < -0.39 is 5.79 Å². The van der Waals surface area contributed by atoms with Crippen LogP contribution in [0.5, 0.6) is 0 Å². The predicted octanol–water partition coefficient (Wildman–Crippen LogP) is 6.07. The van der Waals surface area contributed by atoms with Crippen molar-refractivity contribution in [1.29, 1.82) is 0 Å². The summed E-state index contributed by atoms with van der Waals surface area (Å²) in [4.78, 5) is 20.4. The van der Waals surface area contributed by atoms with E-state index in [0.717, 1.165) is 34.2 Å². The molecule has 11 heteroatoms. The van der Waals surface area contributed by atoms with E-state index >= 15 is 0 Å². The number of aromatic nitrogens is 4. The first kappa shape index (κ1) is 23.8. The van der Waals surface area contributed by atoms with Crippen LogP contribution in [0, 0.1) is 0 Å². The number of nitrogens with one attached hydrogen (secondary N) is 1. The van der Waals surface area contributed by atoms with Crippen molar-refractivity contribution >= 4 is 57.4 Å². The molecule has 1 amide bonds. The molecule has 0 unspecified atom stereocenters. The van der Waals surface area contributed by atoms with Gasteiger partial charge < -0.3 is 19.4 Å². The van der Waals surface area contributed by atoms with Crippen LogP contribution in [0.1, 0.15) is 44.7 Å². The summed E-state index contributed by atoms with van der Waals surface area (Å²) in [5.41, 5.74) is 4.44. The third-order valence-corrected chi connectivity index (χ3v) is 7.80. The number of anilines is 1.